The lowest BCUT2D eigenvalue weighted by Crippen LogP contribution is -2.09. The van der Waals surface area contributed by atoms with Crippen LogP contribution >= 0.6 is 0 Å². The molecule has 4 heteroatoms. The van der Waals surface area contributed by atoms with E-state index < -0.39 is 5.97 Å². The van der Waals surface area contributed by atoms with Crippen molar-refractivity contribution in [1.82, 2.24) is 0 Å². The summed E-state index contributed by atoms with van der Waals surface area (Å²) in [5, 5.41) is 8.77. The Kier molecular flexibility index (Phi) is 7.73. The molecule has 0 heterocycles. The molecule has 0 saturated heterocycles. The number of hydrogen-bond donors (Lipinski definition) is 1. The summed E-state index contributed by atoms with van der Waals surface area (Å²) >= 11 is 0. The molecule has 0 spiro atoms. The minimum absolute atomic E-state index is 0.269. The standard InChI is InChI=1S/C16H24O4/c1-3-5-13(2)12-19-10-4-11-20-15-8-6-14(7-9-15)16(17)18/h6-9,13H,3-5,10-12H2,1-2H3,(H,17,18). The van der Waals surface area contributed by atoms with E-state index in [0.29, 0.717) is 24.9 Å². The molecule has 0 fully saturated rings. The zero-order valence-electron chi connectivity index (χ0n) is 12.3. The highest BCUT2D eigenvalue weighted by molar-refractivity contribution is 5.87. The van der Waals surface area contributed by atoms with Crippen molar-refractivity contribution in [2.45, 2.75) is 33.1 Å². The average Bonchev–Trinajstić information content (AvgIpc) is 2.43. The number of ether oxygens (including phenoxy) is 2. The number of carboxylic acids is 1. The van der Waals surface area contributed by atoms with Crippen molar-refractivity contribution in [3.8, 4) is 5.75 Å². The van der Waals surface area contributed by atoms with Gasteiger partial charge in [0.2, 0.25) is 0 Å². The third kappa shape index (κ3) is 6.57. The summed E-state index contributed by atoms with van der Waals surface area (Å²) in [7, 11) is 0. The van der Waals surface area contributed by atoms with Gasteiger partial charge in [-0.15, -0.1) is 0 Å². The first-order valence-corrected chi connectivity index (χ1v) is 7.17. The Bertz CT molecular complexity index is 386. The van der Waals surface area contributed by atoms with Crippen molar-refractivity contribution in [2.24, 2.45) is 5.92 Å². The SMILES string of the molecule is CCCC(C)COCCCOc1ccc(C(=O)O)cc1. The molecule has 1 N–H and O–H groups in total. The second kappa shape index (κ2) is 9.37. The van der Waals surface area contributed by atoms with Crippen LogP contribution in [0.3, 0.4) is 0 Å². The van der Waals surface area contributed by atoms with Gasteiger partial charge in [0, 0.05) is 19.6 Å². The highest BCUT2D eigenvalue weighted by Crippen LogP contribution is 2.12. The van der Waals surface area contributed by atoms with Gasteiger partial charge in [0.25, 0.3) is 0 Å². The van der Waals surface area contributed by atoms with Crippen LogP contribution in [0.15, 0.2) is 24.3 Å². The number of carboxylic acid groups (broad SMARTS) is 1. The molecular formula is C16H24O4. The normalized spacial score (nSPS) is 12.1. The minimum atomic E-state index is -0.925. The van der Waals surface area contributed by atoms with Gasteiger partial charge in [-0.2, -0.15) is 0 Å². The van der Waals surface area contributed by atoms with Gasteiger partial charge in [0.05, 0.1) is 12.2 Å². The minimum Gasteiger partial charge on any atom is -0.494 e. The number of aromatic carboxylic acids is 1. The van der Waals surface area contributed by atoms with Crippen LogP contribution in [0, 0.1) is 5.92 Å². The van der Waals surface area contributed by atoms with Gasteiger partial charge in [-0.3, -0.25) is 0 Å². The van der Waals surface area contributed by atoms with E-state index in [4.69, 9.17) is 14.6 Å². The first kappa shape index (κ1) is 16.5. The molecule has 20 heavy (non-hydrogen) atoms. The number of benzene rings is 1. The predicted octanol–water partition coefficient (Wildman–Crippen LogP) is 3.61. The summed E-state index contributed by atoms with van der Waals surface area (Å²) in [5.74, 6) is 0.380. The molecule has 1 rings (SSSR count). The van der Waals surface area contributed by atoms with Crippen LogP contribution < -0.4 is 4.74 Å². The molecule has 0 radical (unpaired) electrons. The topological polar surface area (TPSA) is 55.8 Å². The summed E-state index contributed by atoms with van der Waals surface area (Å²) < 4.78 is 11.1. The van der Waals surface area contributed by atoms with Crippen LogP contribution in [0.2, 0.25) is 0 Å². The van der Waals surface area contributed by atoms with Crippen LogP contribution in [-0.4, -0.2) is 30.9 Å². The van der Waals surface area contributed by atoms with E-state index in [2.05, 4.69) is 13.8 Å². The molecule has 0 aliphatic carbocycles. The molecule has 0 saturated carbocycles. The zero-order valence-corrected chi connectivity index (χ0v) is 12.3. The lowest BCUT2D eigenvalue weighted by atomic mass is 10.1. The Morgan fingerprint density at radius 1 is 1.25 bits per heavy atom. The smallest absolute Gasteiger partial charge is 0.335 e. The van der Waals surface area contributed by atoms with Crippen molar-refractivity contribution in [3.63, 3.8) is 0 Å². The lowest BCUT2D eigenvalue weighted by molar-refractivity contribution is 0.0697. The molecule has 112 valence electrons. The van der Waals surface area contributed by atoms with Crippen LogP contribution in [-0.2, 0) is 4.74 Å². The molecule has 0 aliphatic rings. The van der Waals surface area contributed by atoms with Gasteiger partial charge in [-0.05, 0) is 36.6 Å². The molecule has 0 aliphatic heterocycles. The monoisotopic (exact) mass is 280 g/mol. The van der Waals surface area contributed by atoms with E-state index >= 15 is 0 Å². The van der Waals surface area contributed by atoms with Crippen LogP contribution in [0.1, 0.15) is 43.5 Å². The maximum Gasteiger partial charge on any atom is 0.335 e. The molecular weight excluding hydrogens is 256 g/mol. The van der Waals surface area contributed by atoms with Crippen LogP contribution in [0.25, 0.3) is 0 Å². The molecule has 4 nitrogen and oxygen atoms in total. The molecule has 1 atom stereocenters. The average molecular weight is 280 g/mol. The summed E-state index contributed by atoms with van der Waals surface area (Å²) in [6.45, 7) is 6.46. The van der Waals surface area contributed by atoms with E-state index in [1.54, 1.807) is 24.3 Å². The van der Waals surface area contributed by atoms with Gasteiger partial charge in [0.1, 0.15) is 5.75 Å². The fourth-order valence-corrected chi connectivity index (χ4v) is 1.91. The largest absolute Gasteiger partial charge is 0.494 e. The van der Waals surface area contributed by atoms with E-state index in [1.807, 2.05) is 0 Å². The highest BCUT2D eigenvalue weighted by Gasteiger charge is 2.02. The number of rotatable bonds is 10. The van der Waals surface area contributed by atoms with Gasteiger partial charge < -0.3 is 14.6 Å². The van der Waals surface area contributed by atoms with Gasteiger partial charge in [0.15, 0.2) is 0 Å². The van der Waals surface area contributed by atoms with Gasteiger partial charge in [-0.1, -0.05) is 20.3 Å². The van der Waals surface area contributed by atoms with Crippen molar-refractivity contribution < 1.29 is 19.4 Å². The quantitative estimate of drug-likeness (QED) is 0.665. The van der Waals surface area contributed by atoms with E-state index in [1.165, 1.54) is 12.8 Å². The Balaban J connectivity index is 2.10. The zero-order chi connectivity index (χ0) is 14.8. The third-order valence-corrected chi connectivity index (χ3v) is 2.99. The summed E-state index contributed by atoms with van der Waals surface area (Å²) in [5.41, 5.74) is 0.269. The summed E-state index contributed by atoms with van der Waals surface area (Å²) in [6.07, 6.45) is 3.23. The van der Waals surface area contributed by atoms with E-state index in [0.717, 1.165) is 13.0 Å². The Morgan fingerprint density at radius 3 is 2.55 bits per heavy atom. The maximum absolute atomic E-state index is 10.7. The van der Waals surface area contributed by atoms with Crippen molar-refractivity contribution >= 4 is 5.97 Å². The number of carbonyl (C=O) groups is 1. The Labute approximate surface area is 120 Å². The van der Waals surface area contributed by atoms with Gasteiger partial charge in [-0.25, -0.2) is 4.79 Å². The molecule has 0 amide bonds. The van der Waals surface area contributed by atoms with Crippen molar-refractivity contribution in [3.05, 3.63) is 29.8 Å². The second-order valence-electron chi connectivity index (χ2n) is 5.00. The van der Waals surface area contributed by atoms with Crippen LogP contribution in [0.4, 0.5) is 0 Å². The van der Waals surface area contributed by atoms with Crippen LogP contribution in [0.5, 0.6) is 5.75 Å². The van der Waals surface area contributed by atoms with Gasteiger partial charge >= 0.3 is 5.97 Å². The van der Waals surface area contributed by atoms with E-state index in [9.17, 15) is 4.79 Å². The first-order valence-electron chi connectivity index (χ1n) is 7.17. The second-order valence-corrected chi connectivity index (χ2v) is 5.00. The highest BCUT2D eigenvalue weighted by atomic mass is 16.5. The van der Waals surface area contributed by atoms with E-state index in [-0.39, 0.29) is 5.56 Å². The maximum atomic E-state index is 10.7. The molecule has 1 aromatic carbocycles. The predicted molar refractivity (Wildman–Crippen MR) is 78.4 cm³/mol. The fraction of sp³-hybridized carbons (Fsp3) is 0.562. The fourth-order valence-electron chi connectivity index (χ4n) is 1.91. The molecule has 1 aromatic rings. The Morgan fingerprint density at radius 2 is 1.95 bits per heavy atom. The number of hydrogen-bond acceptors (Lipinski definition) is 3. The molecule has 1 unspecified atom stereocenters. The Hall–Kier alpha value is -1.55. The summed E-state index contributed by atoms with van der Waals surface area (Å²) in [4.78, 5) is 10.7. The molecule has 0 bridgehead atoms. The summed E-state index contributed by atoms with van der Waals surface area (Å²) in [6, 6.07) is 6.43. The first-order chi connectivity index (χ1) is 9.63. The van der Waals surface area contributed by atoms with Crippen molar-refractivity contribution in [2.75, 3.05) is 19.8 Å². The lowest BCUT2D eigenvalue weighted by Gasteiger charge is -2.11. The third-order valence-electron chi connectivity index (χ3n) is 2.99. The molecule has 0 aromatic heterocycles. The van der Waals surface area contributed by atoms with Crippen molar-refractivity contribution in [1.29, 1.82) is 0 Å².